The molecule has 6 aromatic rings. The smallest absolute Gasteiger partial charge is 0.0626 e. The average molecular weight is 370 g/mol. The van der Waals surface area contributed by atoms with Gasteiger partial charge in [-0.1, -0.05) is 70.5 Å². The SMILES string of the molecule is Brc1cccc2c1c1ccc3cccc4c5ccccc5n2c1c34. The fourth-order valence-electron chi connectivity index (χ4n) is 4.25. The lowest BCUT2D eigenvalue weighted by atomic mass is 9.99. The van der Waals surface area contributed by atoms with Crippen molar-refractivity contribution >= 4 is 64.8 Å². The molecule has 0 aliphatic carbocycles. The molecule has 0 atom stereocenters. The van der Waals surface area contributed by atoms with Gasteiger partial charge in [0.1, 0.15) is 0 Å². The Bertz CT molecular complexity index is 1390. The van der Waals surface area contributed by atoms with E-state index in [1.54, 1.807) is 0 Å². The van der Waals surface area contributed by atoms with E-state index in [-0.39, 0.29) is 0 Å². The van der Waals surface area contributed by atoms with Crippen molar-refractivity contribution in [1.82, 2.24) is 4.40 Å². The molecule has 0 saturated carbocycles. The van der Waals surface area contributed by atoms with E-state index in [4.69, 9.17) is 0 Å². The summed E-state index contributed by atoms with van der Waals surface area (Å²) in [6.07, 6.45) is 0. The van der Waals surface area contributed by atoms with Crippen LogP contribution in [0.4, 0.5) is 0 Å². The van der Waals surface area contributed by atoms with Crippen LogP contribution < -0.4 is 0 Å². The molecular weight excluding hydrogens is 358 g/mol. The predicted molar refractivity (Wildman–Crippen MR) is 106 cm³/mol. The van der Waals surface area contributed by atoms with Gasteiger partial charge in [-0.3, -0.25) is 0 Å². The molecule has 2 aromatic heterocycles. The number of rotatable bonds is 0. The number of aromatic nitrogens is 1. The van der Waals surface area contributed by atoms with E-state index in [2.05, 4.69) is 93.1 Å². The van der Waals surface area contributed by atoms with Gasteiger partial charge in [0, 0.05) is 26.0 Å². The summed E-state index contributed by atoms with van der Waals surface area (Å²) >= 11 is 3.77. The molecule has 0 fully saturated rings. The molecular formula is C22H12BrN. The zero-order valence-corrected chi connectivity index (χ0v) is 14.3. The van der Waals surface area contributed by atoms with E-state index in [9.17, 15) is 0 Å². The van der Waals surface area contributed by atoms with Crippen LogP contribution in [0.15, 0.2) is 77.3 Å². The van der Waals surface area contributed by atoms with Crippen LogP contribution in [-0.4, -0.2) is 4.40 Å². The number of hydrogen-bond acceptors (Lipinski definition) is 0. The van der Waals surface area contributed by atoms with Crippen LogP contribution >= 0.6 is 15.9 Å². The van der Waals surface area contributed by atoms with Crippen molar-refractivity contribution in [2.24, 2.45) is 0 Å². The van der Waals surface area contributed by atoms with Crippen molar-refractivity contribution in [2.45, 2.75) is 0 Å². The highest BCUT2D eigenvalue weighted by Gasteiger charge is 2.18. The minimum Gasteiger partial charge on any atom is -0.308 e. The van der Waals surface area contributed by atoms with Crippen LogP contribution in [0.5, 0.6) is 0 Å². The zero-order valence-electron chi connectivity index (χ0n) is 12.8. The Morgan fingerprint density at radius 1 is 0.583 bits per heavy atom. The summed E-state index contributed by atoms with van der Waals surface area (Å²) in [7, 11) is 0. The fraction of sp³-hybridized carbons (Fsp3) is 0. The summed E-state index contributed by atoms with van der Waals surface area (Å²) < 4.78 is 3.58. The maximum absolute atomic E-state index is 3.77. The van der Waals surface area contributed by atoms with Crippen molar-refractivity contribution in [1.29, 1.82) is 0 Å². The van der Waals surface area contributed by atoms with Crippen molar-refractivity contribution in [2.75, 3.05) is 0 Å². The van der Waals surface area contributed by atoms with Gasteiger partial charge in [0.25, 0.3) is 0 Å². The summed E-state index contributed by atoms with van der Waals surface area (Å²) in [5.41, 5.74) is 3.85. The van der Waals surface area contributed by atoms with Crippen LogP contribution in [-0.2, 0) is 0 Å². The van der Waals surface area contributed by atoms with E-state index in [0.717, 1.165) is 4.47 Å². The molecule has 0 unspecified atom stereocenters. The predicted octanol–water partition coefficient (Wildman–Crippen LogP) is 6.75. The quantitative estimate of drug-likeness (QED) is 0.206. The zero-order chi connectivity index (χ0) is 15.8. The van der Waals surface area contributed by atoms with Gasteiger partial charge >= 0.3 is 0 Å². The van der Waals surface area contributed by atoms with Crippen LogP contribution in [0.1, 0.15) is 0 Å². The Morgan fingerprint density at radius 2 is 1.38 bits per heavy atom. The van der Waals surface area contributed by atoms with Gasteiger partial charge < -0.3 is 4.40 Å². The number of benzene rings is 4. The topological polar surface area (TPSA) is 4.41 Å². The second kappa shape index (κ2) is 4.28. The van der Waals surface area contributed by atoms with Crippen molar-refractivity contribution in [3.8, 4) is 0 Å². The molecule has 2 heterocycles. The third-order valence-corrected chi connectivity index (χ3v) is 5.84. The minimum atomic E-state index is 1.15. The van der Waals surface area contributed by atoms with Crippen molar-refractivity contribution in [3.63, 3.8) is 0 Å². The van der Waals surface area contributed by atoms with Gasteiger partial charge in [-0.05, 0) is 29.0 Å². The van der Waals surface area contributed by atoms with Crippen LogP contribution in [0.2, 0.25) is 0 Å². The lowest BCUT2D eigenvalue weighted by Crippen LogP contribution is -1.91. The average Bonchev–Trinajstić information content (AvgIpc) is 2.98. The highest BCUT2D eigenvalue weighted by atomic mass is 79.9. The first-order valence-electron chi connectivity index (χ1n) is 8.09. The first-order valence-corrected chi connectivity index (χ1v) is 8.88. The normalized spacial score (nSPS) is 12.4. The number of pyridine rings is 1. The Balaban J connectivity index is 2.17. The Morgan fingerprint density at radius 3 is 2.33 bits per heavy atom. The fourth-order valence-corrected chi connectivity index (χ4v) is 4.82. The lowest BCUT2D eigenvalue weighted by Gasteiger charge is -2.12. The first-order chi connectivity index (χ1) is 11.8. The molecule has 0 bridgehead atoms. The Kier molecular flexibility index (Phi) is 2.28. The number of para-hydroxylation sites is 1. The van der Waals surface area contributed by atoms with Crippen LogP contribution in [0, 0.1) is 0 Å². The van der Waals surface area contributed by atoms with E-state index in [1.165, 1.54) is 48.9 Å². The van der Waals surface area contributed by atoms with Gasteiger partial charge in [0.15, 0.2) is 0 Å². The monoisotopic (exact) mass is 369 g/mol. The van der Waals surface area contributed by atoms with E-state index >= 15 is 0 Å². The van der Waals surface area contributed by atoms with Gasteiger partial charge in [-0.25, -0.2) is 0 Å². The summed E-state index contributed by atoms with van der Waals surface area (Å²) in [6, 6.07) is 26.3. The van der Waals surface area contributed by atoms with Gasteiger partial charge in [-0.15, -0.1) is 0 Å². The molecule has 0 spiro atoms. The molecule has 0 amide bonds. The van der Waals surface area contributed by atoms with Crippen molar-refractivity contribution in [3.05, 3.63) is 77.3 Å². The Labute approximate surface area is 146 Å². The largest absolute Gasteiger partial charge is 0.308 e. The third-order valence-electron chi connectivity index (χ3n) is 5.18. The molecule has 2 heteroatoms. The van der Waals surface area contributed by atoms with Gasteiger partial charge in [-0.2, -0.15) is 0 Å². The molecule has 0 aliphatic rings. The molecule has 0 aliphatic heterocycles. The first kappa shape index (κ1) is 12.8. The second-order valence-electron chi connectivity index (χ2n) is 6.35. The molecule has 0 N–H and O–H groups in total. The molecule has 24 heavy (non-hydrogen) atoms. The summed E-state index contributed by atoms with van der Waals surface area (Å²) in [4.78, 5) is 0. The number of hydrogen-bond donors (Lipinski definition) is 0. The molecule has 0 saturated heterocycles. The van der Waals surface area contributed by atoms with E-state index < -0.39 is 0 Å². The Hall–Kier alpha value is -2.58. The summed E-state index contributed by atoms with van der Waals surface area (Å²) in [6.45, 7) is 0. The maximum atomic E-state index is 3.77. The molecule has 0 radical (unpaired) electrons. The highest BCUT2D eigenvalue weighted by molar-refractivity contribution is 9.10. The molecule has 112 valence electrons. The maximum Gasteiger partial charge on any atom is 0.0626 e. The highest BCUT2D eigenvalue weighted by Crippen LogP contribution is 2.42. The lowest BCUT2D eigenvalue weighted by molar-refractivity contribution is 1.35. The number of nitrogens with zero attached hydrogens (tertiary/aromatic N) is 1. The molecule has 4 aromatic carbocycles. The van der Waals surface area contributed by atoms with E-state index in [1.807, 2.05) is 0 Å². The van der Waals surface area contributed by atoms with Crippen LogP contribution in [0.25, 0.3) is 48.9 Å². The molecule has 1 nitrogen and oxygen atoms in total. The standard InChI is InChI=1S/C22H12BrN/c23-17-8-4-10-19-21(17)16-12-11-13-5-3-7-15-14-6-1-2-9-18(14)24(19)22(16)20(13)15/h1-12H. The summed E-state index contributed by atoms with van der Waals surface area (Å²) in [5, 5.41) is 7.90. The second-order valence-corrected chi connectivity index (χ2v) is 7.21. The molecule has 6 rings (SSSR count). The number of fused-ring (bicyclic) bond motifs is 6. The van der Waals surface area contributed by atoms with Crippen molar-refractivity contribution < 1.29 is 0 Å². The van der Waals surface area contributed by atoms with Gasteiger partial charge in [0.2, 0.25) is 0 Å². The minimum absolute atomic E-state index is 1.15. The van der Waals surface area contributed by atoms with E-state index in [0.29, 0.717) is 0 Å². The number of halogens is 1. The summed E-state index contributed by atoms with van der Waals surface area (Å²) in [5.74, 6) is 0. The third kappa shape index (κ3) is 1.37. The van der Waals surface area contributed by atoms with Crippen LogP contribution in [0.3, 0.4) is 0 Å². The van der Waals surface area contributed by atoms with Gasteiger partial charge in [0.05, 0.1) is 16.6 Å².